The number of allylic oxidation sites excluding steroid dienone is 1. The summed E-state index contributed by atoms with van der Waals surface area (Å²) in [6.45, 7) is 11.7. The van der Waals surface area contributed by atoms with Crippen LogP contribution in [-0.2, 0) is 10.0 Å². The van der Waals surface area contributed by atoms with Crippen molar-refractivity contribution in [3.63, 3.8) is 0 Å². The molecule has 1 aromatic rings. The van der Waals surface area contributed by atoms with E-state index in [0.717, 1.165) is 24.0 Å². The van der Waals surface area contributed by atoms with Crippen LogP contribution in [0, 0.1) is 18.8 Å². The molecule has 0 amide bonds. The molecule has 1 aromatic carbocycles. The van der Waals surface area contributed by atoms with Crippen LogP contribution in [0.1, 0.15) is 25.3 Å². The van der Waals surface area contributed by atoms with Gasteiger partial charge in [0.15, 0.2) is 0 Å². The van der Waals surface area contributed by atoms with E-state index < -0.39 is 10.0 Å². The molecule has 0 spiro atoms. The second-order valence-corrected chi connectivity index (χ2v) is 7.03. The summed E-state index contributed by atoms with van der Waals surface area (Å²) in [6.07, 6.45) is 3.32. The Morgan fingerprint density at radius 1 is 1.32 bits per heavy atom. The molecule has 0 unspecified atom stereocenters. The molecule has 118 valence electrons. The molecule has 0 aromatic heterocycles. The Morgan fingerprint density at radius 2 is 1.95 bits per heavy atom. The Hall–Kier alpha value is -1.83. The highest BCUT2D eigenvalue weighted by atomic mass is 32.2. The first-order chi connectivity index (χ1) is 10.4. The van der Waals surface area contributed by atoms with Crippen LogP contribution in [0.4, 0.5) is 0 Å². The fourth-order valence-corrected chi connectivity index (χ4v) is 3.25. The van der Waals surface area contributed by atoms with Crippen molar-refractivity contribution in [1.82, 2.24) is 4.31 Å². The molecule has 3 nitrogen and oxygen atoms in total. The molecule has 1 rings (SSSR count). The Kier molecular flexibility index (Phi) is 7.10. The van der Waals surface area contributed by atoms with E-state index in [1.807, 2.05) is 6.92 Å². The molecule has 0 radical (unpaired) electrons. The summed E-state index contributed by atoms with van der Waals surface area (Å²) >= 11 is 0. The second kappa shape index (κ2) is 8.57. The number of aryl methyl sites for hydroxylation is 1. The van der Waals surface area contributed by atoms with Gasteiger partial charge >= 0.3 is 0 Å². The quantitative estimate of drug-likeness (QED) is 0.543. The van der Waals surface area contributed by atoms with Gasteiger partial charge in [-0.1, -0.05) is 41.8 Å². The fourth-order valence-electron chi connectivity index (χ4n) is 1.89. The van der Waals surface area contributed by atoms with E-state index in [4.69, 9.17) is 0 Å². The van der Waals surface area contributed by atoms with Crippen LogP contribution < -0.4 is 0 Å². The maximum absolute atomic E-state index is 12.8. The van der Waals surface area contributed by atoms with E-state index in [-0.39, 0.29) is 18.0 Å². The third kappa shape index (κ3) is 5.18. The number of sulfonamides is 1. The van der Waals surface area contributed by atoms with Crippen LogP contribution >= 0.6 is 0 Å². The van der Waals surface area contributed by atoms with Gasteiger partial charge in [0.1, 0.15) is 0 Å². The van der Waals surface area contributed by atoms with E-state index in [2.05, 4.69) is 25.0 Å². The molecule has 4 heteroatoms. The minimum absolute atomic E-state index is 0.166. The minimum atomic E-state index is -3.57. The average Bonchev–Trinajstić information content (AvgIpc) is 2.49. The van der Waals surface area contributed by atoms with Crippen molar-refractivity contribution in [3.8, 4) is 11.8 Å². The predicted octanol–water partition coefficient (Wildman–Crippen LogP) is 3.53. The van der Waals surface area contributed by atoms with E-state index in [1.54, 1.807) is 37.3 Å². The van der Waals surface area contributed by atoms with Crippen molar-refractivity contribution in [2.75, 3.05) is 13.1 Å². The lowest BCUT2D eigenvalue weighted by molar-refractivity contribution is 0.467. The maximum atomic E-state index is 12.8. The standard InChI is InChI=1S/C18H23NO2S/c1-5-7-9-17(4)15-19(14-8-6-2)22(20,21)18-12-10-16(3)11-13-18/h5,10-13H,1,4,7,9,14-15H2,2-3H3. The lowest BCUT2D eigenvalue weighted by Crippen LogP contribution is -2.33. The van der Waals surface area contributed by atoms with E-state index in [1.165, 1.54) is 4.31 Å². The Morgan fingerprint density at radius 3 is 2.50 bits per heavy atom. The molecule has 0 aliphatic heterocycles. The van der Waals surface area contributed by atoms with E-state index >= 15 is 0 Å². The first-order valence-corrected chi connectivity index (χ1v) is 8.59. The van der Waals surface area contributed by atoms with Gasteiger partial charge in [0.2, 0.25) is 10.0 Å². The topological polar surface area (TPSA) is 37.4 Å². The number of rotatable bonds is 8. The number of hydrogen-bond donors (Lipinski definition) is 0. The van der Waals surface area contributed by atoms with Gasteiger partial charge in [0, 0.05) is 6.54 Å². The Balaban J connectivity index is 3.02. The number of benzene rings is 1. The summed E-state index contributed by atoms with van der Waals surface area (Å²) < 4.78 is 26.9. The van der Waals surface area contributed by atoms with Crippen LogP contribution in [0.2, 0.25) is 0 Å². The molecule has 0 saturated carbocycles. The zero-order valence-electron chi connectivity index (χ0n) is 13.3. The molecule has 0 aliphatic rings. The maximum Gasteiger partial charge on any atom is 0.244 e. The molecule has 0 atom stereocenters. The molecule has 0 saturated heterocycles. The van der Waals surface area contributed by atoms with Crippen molar-refractivity contribution in [3.05, 3.63) is 54.6 Å². The first kappa shape index (κ1) is 18.2. The Labute approximate surface area is 134 Å². The van der Waals surface area contributed by atoms with Gasteiger partial charge in [0.05, 0.1) is 11.4 Å². The molecular formula is C18H23NO2S. The highest BCUT2D eigenvalue weighted by Crippen LogP contribution is 2.18. The smallest absolute Gasteiger partial charge is 0.207 e. The SMILES string of the molecule is C=CCCC(=C)CN(CC#CC)S(=O)(=O)c1ccc(C)cc1. The predicted molar refractivity (Wildman–Crippen MR) is 92.0 cm³/mol. The van der Waals surface area contributed by atoms with Gasteiger partial charge in [-0.25, -0.2) is 8.42 Å². The molecule has 0 bridgehead atoms. The summed E-state index contributed by atoms with van der Waals surface area (Å²) in [5.74, 6) is 5.58. The molecule has 0 N–H and O–H groups in total. The highest BCUT2D eigenvalue weighted by Gasteiger charge is 2.24. The normalized spacial score (nSPS) is 10.9. The zero-order chi connectivity index (χ0) is 16.6. The summed E-state index contributed by atoms with van der Waals surface area (Å²) in [6, 6.07) is 6.85. The van der Waals surface area contributed by atoms with Gasteiger partial charge in [0.25, 0.3) is 0 Å². The molecule has 0 fully saturated rings. The van der Waals surface area contributed by atoms with Gasteiger partial charge < -0.3 is 0 Å². The van der Waals surface area contributed by atoms with Crippen LogP contribution in [0.5, 0.6) is 0 Å². The first-order valence-electron chi connectivity index (χ1n) is 7.15. The van der Waals surface area contributed by atoms with E-state index in [9.17, 15) is 8.42 Å². The summed E-state index contributed by atoms with van der Waals surface area (Å²) in [7, 11) is -3.57. The summed E-state index contributed by atoms with van der Waals surface area (Å²) in [4.78, 5) is 0.285. The van der Waals surface area contributed by atoms with E-state index in [0.29, 0.717) is 0 Å². The molecular weight excluding hydrogens is 294 g/mol. The summed E-state index contributed by atoms with van der Waals surface area (Å²) in [5.41, 5.74) is 1.88. The van der Waals surface area contributed by atoms with Crippen LogP contribution in [0.3, 0.4) is 0 Å². The van der Waals surface area contributed by atoms with Crippen molar-refractivity contribution >= 4 is 10.0 Å². The summed E-state index contributed by atoms with van der Waals surface area (Å²) in [5, 5.41) is 0. The molecule has 0 aliphatic carbocycles. The van der Waals surface area contributed by atoms with Crippen molar-refractivity contribution in [1.29, 1.82) is 0 Å². The van der Waals surface area contributed by atoms with Crippen LogP contribution in [-0.4, -0.2) is 25.8 Å². The Bertz CT molecular complexity index is 676. The number of nitrogens with zero attached hydrogens (tertiary/aromatic N) is 1. The van der Waals surface area contributed by atoms with Gasteiger partial charge in [-0.2, -0.15) is 4.31 Å². The number of hydrogen-bond acceptors (Lipinski definition) is 2. The lowest BCUT2D eigenvalue weighted by atomic mass is 10.1. The minimum Gasteiger partial charge on any atom is -0.207 e. The van der Waals surface area contributed by atoms with Crippen LogP contribution in [0.25, 0.3) is 0 Å². The third-order valence-corrected chi connectivity index (χ3v) is 5.00. The molecule has 0 heterocycles. The molecule has 22 heavy (non-hydrogen) atoms. The van der Waals surface area contributed by atoms with Crippen molar-refractivity contribution in [2.45, 2.75) is 31.6 Å². The second-order valence-electron chi connectivity index (χ2n) is 5.09. The highest BCUT2D eigenvalue weighted by molar-refractivity contribution is 7.89. The zero-order valence-corrected chi connectivity index (χ0v) is 14.1. The van der Waals surface area contributed by atoms with Gasteiger partial charge in [-0.3, -0.25) is 0 Å². The lowest BCUT2D eigenvalue weighted by Gasteiger charge is -2.21. The monoisotopic (exact) mass is 317 g/mol. The average molecular weight is 317 g/mol. The largest absolute Gasteiger partial charge is 0.244 e. The van der Waals surface area contributed by atoms with Gasteiger partial charge in [-0.05, 0) is 38.8 Å². The van der Waals surface area contributed by atoms with Gasteiger partial charge in [-0.15, -0.1) is 12.5 Å². The fraction of sp³-hybridized carbons (Fsp3) is 0.333. The van der Waals surface area contributed by atoms with Crippen molar-refractivity contribution < 1.29 is 8.42 Å². The van der Waals surface area contributed by atoms with Crippen molar-refractivity contribution in [2.24, 2.45) is 0 Å². The third-order valence-electron chi connectivity index (χ3n) is 3.19. The van der Waals surface area contributed by atoms with Crippen LogP contribution in [0.15, 0.2) is 54.0 Å².